The van der Waals surface area contributed by atoms with Crippen LogP contribution < -0.4 is 15.4 Å². The van der Waals surface area contributed by atoms with Crippen molar-refractivity contribution in [3.05, 3.63) is 72.4 Å². The monoisotopic (exact) mass is 387 g/mol. The number of pyridine rings is 1. The summed E-state index contributed by atoms with van der Waals surface area (Å²) in [7, 11) is 0. The van der Waals surface area contributed by atoms with Crippen molar-refractivity contribution in [2.45, 2.75) is 19.6 Å². The Labute approximate surface area is 160 Å². The number of alkyl halides is 2. The van der Waals surface area contributed by atoms with Crippen LogP contribution in [0.1, 0.15) is 11.1 Å². The average molecular weight is 387 g/mol. The van der Waals surface area contributed by atoms with E-state index in [0.29, 0.717) is 19.5 Å². The number of hydrogen-bond donors (Lipinski definition) is 2. The molecule has 0 bridgehead atoms. The predicted octanol–water partition coefficient (Wildman–Crippen LogP) is 2.91. The fourth-order valence-corrected chi connectivity index (χ4v) is 2.47. The number of carbonyl (C=O) groups excluding carboxylic acids is 1. The van der Waals surface area contributed by atoms with Gasteiger partial charge in [-0.3, -0.25) is 4.57 Å². The molecule has 2 N–H and O–H groups in total. The summed E-state index contributed by atoms with van der Waals surface area (Å²) in [5.41, 5.74) is 1.77. The maximum Gasteiger partial charge on any atom is 0.387 e. The number of halogens is 2. The number of amides is 2. The summed E-state index contributed by atoms with van der Waals surface area (Å²) >= 11 is 0. The van der Waals surface area contributed by atoms with Crippen molar-refractivity contribution in [3.63, 3.8) is 0 Å². The molecule has 0 aliphatic heterocycles. The molecule has 1 aromatic carbocycles. The lowest BCUT2D eigenvalue weighted by atomic mass is 10.1. The van der Waals surface area contributed by atoms with Gasteiger partial charge in [0.25, 0.3) is 0 Å². The number of rotatable bonds is 8. The molecule has 0 unspecified atom stereocenters. The minimum Gasteiger partial charge on any atom is -0.435 e. The van der Waals surface area contributed by atoms with Crippen LogP contribution in [-0.4, -0.2) is 33.7 Å². The summed E-state index contributed by atoms with van der Waals surface area (Å²) in [5.74, 6) is 0.854. The van der Waals surface area contributed by atoms with E-state index in [4.69, 9.17) is 0 Å². The van der Waals surface area contributed by atoms with Crippen LogP contribution in [0.5, 0.6) is 5.75 Å². The van der Waals surface area contributed by atoms with Crippen molar-refractivity contribution >= 4 is 6.03 Å². The summed E-state index contributed by atoms with van der Waals surface area (Å²) in [6.45, 7) is -2.07. The lowest BCUT2D eigenvalue weighted by Crippen LogP contribution is -2.36. The van der Waals surface area contributed by atoms with Gasteiger partial charge in [0.1, 0.15) is 17.9 Å². The van der Waals surface area contributed by atoms with Gasteiger partial charge in [0.15, 0.2) is 0 Å². The largest absolute Gasteiger partial charge is 0.435 e. The van der Waals surface area contributed by atoms with Crippen LogP contribution in [-0.2, 0) is 13.0 Å². The normalized spacial score (nSPS) is 10.7. The van der Waals surface area contributed by atoms with E-state index >= 15 is 0 Å². The molecule has 28 heavy (non-hydrogen) atoms. The highest BCUT2D eigenvalue weighted by Gasteiger charge is 2.05. The van der Waals surface area contributed by atoms with Crippen LogP contribution >= 0.6 is 0 Å². The highest BCUT2D eigenvalue weighted by atomic mass is 19.3. The number of urea groups is 1. The highest BCUT2D eigenvalue weighted by Crippen LogP contribution is 2.15. The molecule has 2 aromatic heterocycles. The number of aromatic nitrogens is 3. The quantitative estimate of drug-likeness (QED) is 0.623. The van der Waals surface area contributed by atoms with Crippen LogP contribution in [0.15, 0.2) is 61.3 Å². The Morgan fingerprint density at radius 3 is 2.54 bits per heavy atom. The molecule has 0 saturated heterocycles. The van der Waals surface area contributed by atoms with E-state index in [2.05, 4.69) is 25.3 Å². The molecular formula is C19H19F2N5O2. The fourth-order valence-electron chi connectivity index (χ4n) is 2.47. The van der Waals surface area contributed by atoms with E-state index in [1.54, 1.807) is 41.6 Å². The zero-order valence-electron chi connectivity index (χ0n) is 14.9. The van der Waals surface area contributed by atoms with Crippen molar-refractivity contribution in [2.24, 2.45) is 0 Å². The molecule has 7 nitrogen and oxygen atoms in total. The van der Waals surface area contributed by atoms with Crippen LogP contribution in [0.25, 0.3) is 5.82 Å². The summed E-state index contributed by atoms with van der Waals surface area (Å²) < 4.78 is 30.3. The Hall–Kier alpha value is -3.49. The van der Waals surface area contributed by atoms with E-state index in [9.17, 15) is 13.6 Å². The maximum absolute atomic E-state index is 12.1. The first kappa shape index (κ1) is 19.3. The first-order valence-corrected chi connectivity index (χ1v) is 8.59. The molecule has 3 rings (SSSR count). The van der Waals surface area contributed by atoms with E-state index in [1.165, 1.54) is 12.1 Å². The van der Waals surface area contributed by atoms with Crippen LogP contribution in [0.4, 0.5) is 13.6 Å². The maximum atomic E-state index is 12.1. The molecule has 146 valence electrons. The first-order valence-electron chi connectivity index (χ1n) is 8.59. The number of imidazole rings is 1. The van der Waals surface area contributed by atoms with Crippen LogP contribution in [0.3, 0.4) is 0 Å². The molecule has 0 saturated carbocycles. The number of hydrogen-bond acceptors (Lipinski definition) is 4. The standard InChI is InChI=1S/C19H19F2N5O2/c20-18(21)28-16-4-1-14(2-5-16)7-8-23-19(27)25-12-15-3-6-17(24-11-15)26-10-9-22-13-26/h1-6,9-11,13,18H,7-8,12H2,(H2,23,25,27). The average Bonchev–Trinajstić information content (AvgIpc) is 3.22. The van der Waals surface area contributed by atoms with Gasteiger partial charge in [-0.15, -0.1) is 0 Å². The number of nitrogens with zero attached hydrogens (tertiary/aromatic N) is 3. The second-order valence-corrected chi connectivity index (χ2v) is 5.88. The zero-order chi connectivity index (χ0) is 19.8. The Morgan fingerprint density at radius 1 is 1.11 bits per heavy atom. The second kappa shape index (κ2) is 9.45. The molecule has 0 aliphatic rings. The van der Waals surface area contributed by atoms with Gasteiger partial charge in [0.2, 0.25) is 0 Å². The molecular weight excluding hydrogens is 368 g/mol. The summed E-state index contributed by atoms with van der Waals surface area (Å²) in [6.07, 6.45) is 7.40. The van der Waals surface area contributed by atoms with Crippen LogP contribution in [0.2, 0.25) is 0 Å². The lowest BCUT2D eigenvalue weighted by Gasteiger charge is -2.09. The third-order valence-electron chi connectivity index (χ3n) is 3.88. The van der Waals surface area contributed by atoms with Gasteiger partial charge in [0, 0.05) is 31.7 Å². The molecule has 0 fully saturated rings. The molecule has 9 heteroatoms. The Bertz CT molecular complexity index is 868. The number of carbonyl (C=O) groups is 1. The van der Waals surface area contributed by atoms with Gasteiger partial charge in [-0.05, 0) is 35.7 Å². The summed E-state index contributed by atoms with van der Waals surface area (Å²) in [4.78, 5) is 20.2. The smallest absolute Gasteiger partial charge is 0.387 e. The predicted molar refractivity (Wildman–Crippen MR) is 98.4 cm³/mol. The van der Waals surface area contributed by atoms with E-state index in [1.807, 2.05) is 12.1 Å². The van der Waals surface area contributed by atoms with Gasteiger partial charge >= 0.3 is 12.6 Å². The lowest BCUT2D eigenvalue weighted by molar-refractivity contribution is -0.0498. The highest BCUT2D eigenvalue weighted by molar-refractivity contribution is 5.73. The van der Waals surface area contributed by atoms with Crippen molar-refractivity contribution < 1.29 is 18.3 Å². The number of nitrogens with one attached hydrogen (secondary N) is 2. The molecule has 2 amide bonds. The van der Waals surface area contributed by atoms with Crippen molar-refractivity contribution in [3.8, 4) is 11.6 Å². The van der Waals surface area contributed by atoms with Crippen molar-refractivity contribution in [1.82, 2.24) is 25.2 Å². The van der Waals surface area contributed by atoms with Crippen LogP contribution in [0, 0.1) is 0 Å². The zero-order valence-corrected chi connectivity index (χ0v) is 14.9. The number of benzene rings is 1. The Kier molecular flexibility index (Phi) is 6.50. The van der Waals surface area contributed by atoms with E-state index in [-0.39, 0.29) is 11.8 Å². The first-order chi connectivity index (χ1) is 13.6. The Morgan fingerprint density at radius 2 is 1.89 bits per heavy atom. The summed E-state index contributed by atoms with van der Waals surface area (Å²) in [6, 6.07) is 9.75. The molecule has 3 aromatic rings. The van der Waals surface area contributed by atoms with Crippen molar-refractivity contribution in [2.75, 3.05) is 6.54 Å². The number of ether oxygens (including phenoxy) is 1. The SMILES string of the molecule is O=C(NCCc1ccc(OC(F)F)cc1)NCc1ccc(-n2ccnc2)nc1. The fraction of sp³-hybridized carbons (Fsp3) is 0.211. The van der Waals surface area contributed by atoms with E-state index < -0.39 is 6.61 Å². The molecule has 0 atom stereocenters. The third-order valence-corrected chi connectivity index (χ3v) is 3.88. The van der Waals surface area contributed by atoms with Gasteiger partial charge in [-0.2, -0.15) is 8.78 Å². The minimum atomic E-state index is -2.84. The molecule has 0 radical (unpaired) electrons. The molecule has 2 heterocycles. The minimum absolute atomic E-state index is 0.108. The van der Waals surface area contributed by atoms with Gasteiger partial charge < -0.3 is 15.4 Å². The Balaban J connectivity index is 1.37. The molecule has 0 aliphatic carbocycles. The second-order valence-electron chi connectivity index (χ2n) is 5.88. The molecule has 0 spiro atoms. The van der Waals surface area contributed by atoms with E-state index in [0.717, 1.165) is 16.9 Å². The topological polar surface area (TPSA) is 81.1 Å². The van der Waals surface area contributed by atoms with Gasteiger partial charge in [-0.1, -0.05) is 18.2 Å². The third kappa shape index (κ3) is 5.76. The van der Waals surface area contributed by atoms with Gasteiger partial charge in [-0.25, -0.2) is 14.8 Å². The summed E-state index contributed by atoms with van der Waals surface area (Å²) in [5, 5.41) is 5.51. The van der Waals surface area contributed by atoms with Gasteiger partial charge in [0.05, 0.1) is 0 Å². The van der Waals surface area contributed by atoms with Crippen molar-refractivity contribution in [1.29, 1.82) is 0 Å².